The van der Waals surface area contributed by atoms with Gasteiger partial charge in [0.15, 0.2) is 0 Å². The Labute approximate surface area is 228 Å². The molecule has 0 atom stereocenters. The Morgan fingerprint density at radius 1 is 0.256 bits per heavy atom. The van der Waals surface area contributed by atoms with Crippen LogP contribution in [-0.4, -0.2) is 0 Å². The summed E-state index contributed by atoms with van der Waals surface area (Å²) in [6, 6.07) is 49.3. The molecule has 0 saturated carbocycles. The lowest BCUT2D eigenvalue weighted by Crippen LogP contribution is -1.95. The molecule has 0 nitrogen and oxygen atoms in total. The third-order valence-electron chi connectivity index (χ3n) is 8.60. The maximum atomic E-state index is 2.34. The van der Waals surface area contributed by atoms with E-state index in [9.17, 15) is 0 Å². The molecule has 0 aromatic heterocycles. The van der Waals surface area contributed by atoms with Gasteiger partial charge in [0.05, 0.1) is 0 Å². The van der Waals surface area contributed by atoms with Gasteiger partial charge in [0.25, 0.3) is 0 Å². The molecular weight excluding hydrogens is 468 g/mol. The molecule has 0 heteroatoms. The maximum Gasteiger partial charge on any atom is -0.00668 e. The van der Waals surface area contributed by atoms with E-state index in [1.165, 1.54) is 75.8 Å². The van der Waals surface area contributed by atoms with Crippen molar-refractivity contribution >= 4 is 64.6 Å². The van der Waals surface area contributed by atoms with Crippen molar-refractivity contribution in [2.45, 2.75) is 19.3 Å². The van der Waals surface area contributed by atoms with Crippen LogP contribution in [0.25, 0.3) is 64.6 Å². The first kappa shape index (κ1) is 22.3. The van der Waals surface area contributed by atoms with Crippen molar-refractivity contribution in [3.05, 3.63) is 145 Å². The second kappa shape index (κ2) is 8.96. The van der Waals surface area contributed by atoms with Gasteiger partial charge in [-0.1, -0.05) is 133 Å². The summed E-state index contributed by atoms with van der Waals surface area (Å²) in [5.74, 6) is 0. The molecule has 0 amide bonds. The molecule has 184 valence electrons. The van der Waals surface area contributed by atoms with E-state index >= 15 is 0 Å². The Morgan fingerprint density at radius 2 is 0.513 bits per heavy atom. The highest BCUT2D eigenvalue weighted by molar-refractivity contribution is 6.27. The zero-order valence-electron chi connectivity index (χ0n) is 21.8. The zero-order valence-corrected chi connectivity index (χ0v) is 21.8. The van der Waals surface area contributed by atoms with E-state index in [4.69, 9.17) is 0 Å². The van der Waals surface area contributed by atoms with Gasteiger partial charge < -0.3 is 0 Å². The summed E-state index contributed by atoms with van der Waals surface area (Å²) >= 11 is 0. The number of aryl methyl sites for hydroxylation is 2. The molecule has 0 radical (unpaired) electrons. The maximum absolute atomic E-state index is 2.34. The first-order valence-electron chi connectivity index (χ1n) is 14.0. The Hall–Kier alpha value is -4.68. The van der Waals surface area contributed by atoms with E-state index in [1.807, 2.05) is 0 Å². The zero-order chi connectivity index (χ0) is 25.8. The normalized spacial score (nSPS) is 11.9. The van der Waals surface area contributed by atoms with Gasteiger partial charge in [0.2, 0.25) is 0 Å². The van der Waals surface area contributed by atoms with Crippen molar-refractivity contribution < 1.29 is 0 Å². The monoisotopic (exact) mass is 496 g/mol. The van der Waals surface area contributed by atoms with Crippen LogP contribution in [0.15, 0.2) is 133 Å². The lowest BCUT2D eigenvalue weighted by molar-refractivity contribution is 0.830. The largest absolute Gasteiger partial charge is 0.0616 e. The van der Waals surface area contributed by atoms with Crippen LogP contribution in [-0.2, 0) is 12.8 Å². The Bertz CT molecular complexity index is 1950. The third kappa shape index (κ3) is 3.45. The molecule has 8 aromatic carbocycles. The fraction of sp³-hybridized carbons (Fsp3) is 0.0769. The van der Waals surface area contributed by atoms with Crippen LogP contribution in [0.5, 0.6) is 0 Å². The van der Waals surface area contributed by atoms with E-state index in [2.05, 4.69) is 133 Å². The first-order valence-corrected chi connectivity index (χ1v) is 14.0. The molecule has 0 aliphatic heterocycles. The molecule has 0 saturated heterocycles. The minimum Gasteiger partial charge on any atom is -0.0616 e. The highest BCUT2D eigenvalue weighted by Gasteiger charge is 2.13. The van der Waals surface area contributed by atoms with Crippen molar-refractivity contribution in [3.8, 4) is 0 Å². The highest BCUT2D eigenvalue weighted by atomic mass is 14.2. The summed E-state index contributed by atoms with van der Waals surface area (Å²) in [5.41, 5.74) is 2.90. The fourth-order valence-corrected chi connectivity index (χ4v) is 6.95. The number of fused-ring (bicyclic) bond motifs is 12. The molecule has 0 bridgehead atoms. The summed E-state index contributed by atoms with van der Waals surface area (Å²) in [4.78, 5) is 0. The number of benzene rings is 8. The van der Waals surface area contributed by atoms with E-state index in [0.717, 1.165) is 19.3 Å². The first-order chi connectivity index (χ1) is 19.4. The van der Waals surface area contributed by atoms with Gasteiger partial charge in [0.1, 0.15) is 0 Å². The average molecular weight is 497 g/mol. The molecule has 0 N–H and O–H groups in total. The minimum absolute atomic E-state index is 1.06. The molecule has 8 rings (SSSR count). The van der Waals surface area contributed by atoms with Crippen LogP contribution < -0.4 is 0 Å². The second-order valence-electron chi connectivity index (χ2n) is 10.7. The van der Waals surface area contributed by atoms with Crippen molar-refractivity contribution in [2.24, 2.45) is 0 Å². The van der Waals surface area contributed by atoms with Crippen molar-refractivity contribution in [1.82, 2.24) is 0 Å². The summed E-state index contributed by atoms with van der Waals surface area (Å²) in [7, 11) is 0. The molecule has 0 unspecified atom stereocenters. The lowest BCUT2D eigenvalue weighted by Gasteiger charge is -2.15. The standard InChI is InChI=1S/C39H28/c1-3-18-32-28(16-1)30-20-5-7-22-34(30)38-26(14-10-24-36(32)38)12-9-13-27-15-11-25-37-33-19-4-2-17-29(33)31-21-6-8-23-35(31)39(27)37/h1-8,10-11,14-25H,9,12-13H2. The predicted octanol–water partition coefficient (Wildman–Crippen LogP) is 10.8. The van der Waals surface area contributed by atoms with Crippen LogP contribution in [0.3, 0.4) is 0 Å². The van der Waals surface area contributed by atoms with Crippen LogP contribution >= 0.6 is 0 Å². The molecule has 0 spiro atoms. The Kier molecular flexibility index (Phi) is 5.13. The Balaban J connectivity index is 1.25. The van der Waals surface area contributed by atoms with Gasteiger partial charge in [-0.15, -0.1) is 0 Å². The van der Waals surface area contributed by atoms with Gasteiger partial charge in [-0.3, -0.25) is 0 Å². The smallest absolute Gasteiger partial charge is 0.00668 e. The summed E-state index contributed by atoms with van der Waals surface area (Å²) < 4.78 is 0. The SMILES string of the molecule is c1ccc2c(c1)c1ccccc1c1c(CCCc3cccc4c5ccccc5c5ccccc5c34)cccc21. The topological polar surface area (TPSA) is 0 Å². The quantitative estimate of drug-likeness (QED) is 0.213. The molecule has 0 fully saturated rings. The van der Waals surface area contributed by atoms with Crippen LogP contribution in [0, 0.1) is 0 Å². The van der Waals surface area contributed by atoms with E-state index in [-0.39, 0.29) is 0 Å². The highest BCUT2D eigenvalue weighted by Crippen LogP contribution is 2.39. The molecule has 0 aliphatic carbocycles. The van der Waals surface area contributed by atoms with Gasteiger partial charge >= 0.3 is 0 Å². The molecule has 0 heterocycles. The summed E-state index contributed by atoms with van der Waals surface area (Å²) in [6.45, 7) is 0. The fourth-order valence-electron chi connectivity index (χ4n) is 6.95. The van der Waals surface area contributed by atoms with Gasteiger partial charge in [-0.25, -0.2) is 0 Å². The van der Waals surface area contributed by atoms with E-state index in [0.29, 0.717) is 0 Å². The van der Waals surface area contributed by atoms with Gasteiger partial charge in [-0.05, 0) is 95.0 Å². The minimum atomic E-state index is 1.06. The van der Waals surface area contributed by atoms with Crippen LogP contribution in [0.2, 0.25) is 0 Å². The molecular formula is C39H28. The predicted molar refractivity (Wildman–Crippen MR) is 170 cm³/mol. The van der Waals surface area contributed by atoms with Crippen LogP contribution in [0.1, 0.15) is 17.5 Å². The second-order valence-corrected chi connectivity index (χ2v) is 10.7. The van der Waals surface area contributed by atoms with Gasteiger partial charge in [-0.2, -0.15) is 0 Å². The van der Waals surface area contributed by atoms with Crippen molar-refractivity contribution in [2.75, 3.05) is 0 Å². The lowest BCUT2D eigenvalue weighted by atomic mass is 9.88. The summed E-state index contributed by atoms with van der Waals surface area (Å²) in [5, 5.41) is 16.4. The Morgan fingerprint density at radius 3 is 0.846 bits per heavy atom. The molecule has 0 aliphatic rings. The van der Waals surface area contributed by atoms with Crippen molar-refractivity contribution in [1.29, 1.82) is 0 Å². The van der Waals surface area contributed by atoms with E-state index < -0.39 is 0 Å². The van der Waals surface area contributed by atoms with Crippen LogP contribution in [0.4, 0.5) is 0 Å². The number of hydrogen-bond donors (Lipinski definition) is 0. The number of rotatable bonds is 4. The van der Waals surface area contributed by atoms with Gasteiger partial charge in [0, 0.05) is 0 Å². The van der Waals surface area contributed by atoms with E-state index in [1.54, 1.807) is 0 Å². The number of hydrogen-bond acceptors (Lipinski definition) is 0. The van der Waals surface area contributed by atoms with Crippen molar-refractivity contribution in [3.63, 3.8) is 0 Å². The molecule has 8 aromatic rings. The average Bonchev–Trinajstić information content (AvgIpc) is 3.01. The molecule has 39 heavy (non-hydrogen) atoms. The third-order valence-corrected chi connectivity index (χ3v) is 8.60. The summed E-state index contributed by atoms with van der Waals surface area (Å²) in [6.07, 6.45) is 3.23.